The largest absolute Gasteiger partial charge is 0.481 e. The molecule has 0 radical (unpaired) electrons. The number of benzene rings is 1. The zero-order valence-electron chi connectivity index (χ0n) is 12.8. The Morgan fingerprint density at radius 3 is 2.12 bits per heavy atom. The fourth-order valence-corrected chi connectivity index (χ4v) is 3.10. The van der Waals surface area contributed by atoms with Crippen LogP contribution in [0.2, 0.25) is 0 Å². The molecule has 0 bridgehead atoms. The number of hydrogen-bond donors (Lipinski definition) is 3. The summed E-state index contributed by atoms with van der Waals surface area (Å²) in [6.07, 6.45) is 0.315. The Hall–Kier alpha value is -2.90. The summed E-state index contributed by atoms with van der Waals surface area (Å²) >= 11 is 0. The molecule has 2 atom stereocenters. The van der Waals surface area contributed by atoms with Gasteiger partial charge in [-0.1, -0.05) is 25.0 Å². The first-order valence-electron chi connectivity index (χ1n) is 7.52. The molecule has 1 aromatic carbocycles. The number of carboxylic acid groups (broad SMARTS) is 2. The molecule has 1 fully saturated rings. The highest BCUT2D eigenvalue weighted by molar-refractivity contribution is 6.10. The van der Waals surface area contributed by atoms with E-state index in [1.807, 2.05) is 0 Å². The van der Waals surface area contributed by atoms with Gasteiger partial charge < -0.3 is 15.9 Å². The van der Waals surface area contributed by atoms with Crippen LogP contribution in [0, 0.1) is 5.92 Å². The summed E-state index contributed by atoms with van der Waals surface area (Å²) in [5, 5.41) is 18.8. The van der Waals surface area contributed by atoms with Crippen molar-refractivity contribution in [3.63, 3.8) is 0 Å². The molecule has 0 spiro atoms. The lowest BCUT2D eigenvalue weighted by molar-refractivity contribution is -0.144. The molecule has 8 heteroatoms. The Morgan fingerprint density at radius 1 is 1.00 bits per heavy atom. The van der Waals surface area contributed by atoms with Crippen molar-refractivity contribution in [2.45, 2.75) is 31.7 Å². The van der Waals surface area contributed by atoms with Gasteiger partial charge in [-0.05, 0) is 25.0 Å². The fraction of sp³-hybridized carbons (Fsp3) is 0.375. The highest BCUT2D eigenvalue weighted by Crippen LogP contribution is 2.30. The molecule has 0 heterocycles. The molecule has 1 aromatic rings. The van der Waals surface area contributed by atoms with Gasteiger partial charge in [0, 0.05) is 0 Å². The first-order valence-corrected chi connectivity index (χ1v) is 7.52. The van der Waals surface area contributed by atoms with Gasteiger partial charge in [0.25, 0.3) is 5.91 Å². The summed E-state index contributed by atoms with van der Waals surface area (Å²) in [6, 6.07) is 4.64. The van der Waals surface area contributed by atoms with Crippen molar-refractivity contribution in [3.05, 3.63) is 35.4 Å². The molecule has 3 amide bonds. The van der Waals surface area contributed by atoms with E-state index in [0.29, 0.717) is 24.2 Å². The topological polar surface area (TPSA) is 138 Å². The van der Waals surface area contributed by atoms with E-state index in [0.717, 1.165) is 0 Å². The molecular formula is C16H18N2O6. The number of carboxylic acids is 1. The van der Waals surface area contributed by atoms with E-state index < -0.39 is 35.8 Å². The molecule has 24 heavy (non-hydrogen) atoms. The highest BCUT2D eigenvalue weighted by Gasteiger charge is 2.41. The van der Waals surface area contributed by atoms with E-state index >= 15 is 0 Å². The van der Waals surface area contributed by atoms with E-state index in [1.54, 1.807) is 0 Å². The Labute approximate surface area is 137 Å². The zero-order valence-corrected chi connectivity index (χ0v) is 12.8. The fourth-order valence-electron chi connectivity index (χ4n) is 3.10. The number of nitrogens with zero attached hydrogens (tertiary/aromatic N) is 1. The first kappa shape index (κ1) is 17.5. The number of carbonyl (C=O) groups is 4. The van der Waals surface area contributed by atoms with Gasteiger partial charge in [-0.25, -0.2) is 9.69 Å². The standard InChI is InChI=1S/C16H18N2O6/c17-13(19)9-5-1-2-6-10(9)14(20)18(16(23)24)12-8-4-3-7-11(12)15(21)22/h1-2,5-6,11-12H,3-4,7-8H2,(H2,17,19)(H,21,22)(H,23,24). The van der Waals surface area contributed by atoms with Crippen molar-refractivity contribution in [2.75, 3.05) is 0 Å². The normalized spacial score (nSPS) is 20.2. The van der Waals surface area contributed by atoms with Crippen LogP contribution in [0.5, 0.6) is 0 Å². The van der Waals surface area contributed by atoms with Crippen LogP contribution in [0.1, 0.15) is 46.4 Å². The molecule has 0 aromatic heterocycles. The van der Waals surface area contributed by atoms with Gasteiger partial charge in [-0.15, -0.1) is 0 Å². The molecule has 4 N–H and O–H groups in total. The van der Waals surface area contributed by atoms with Gasteiger partial charge >= 0.3 is 12.1 Å². The van der Waals surface area contributed by atoms with Crippen molar-refractivity contribution in [1.29, 1.82) is 0 Å². The number of nitrogens with two attached hydrogens (primary N) is 1. The van der Waals surface area contributed by atoms with Gasteiger partial charge in [-0.3, -0.25) is 14.4 Å². The third-order valence-electron chi connectivity index (χ3n) is 4.23. The molecule has 1 saturated carbocycles. The molecule has 1 aliphatic rings. The third kappa shape index (κ3) is 3.37. The average molecular weight is 334 g/mol. The minimum atomic E-state index is -1.54. The molecule has 2 rings (SSSR count). The van der Waals surface area contributed by atoms with E-state index in [2.05, 4.69) is 0 Å². The lowest BCUT2D eigenvalue weighted by Crippen LogP contribution is -2.51. The Bertz CT molecular complexity index is 687. The maximum absolute atomic E-state index is 12.7. The molecule has 128 valence electrons. The second-order valence-electron chi connectivity index (χ2n) is 5.66. The minimum Gasteiger partial charge on any atom is -0.481 e. The Kier molecular flexibility index (Phi) is 5.18. The van der Waals surface area contributed by atoms with Crippen LogP contribution < -0.4 is 5.73 Å². The van der Waals surface area contributed by atoms with E-state index in [4.69, 9.17) is 5.73 Å². The molecule has 0 saturated heterocycles. The van der Waals surface area contributed by atoms with Gasteiger partial charge in [0.1, 0.15) is 0 Å². The second kappa shape index (κ2) is 7.12. The monoisotopic (exact) mass is 334 g/mol. The average Bonchev–Trinajstić information content (AvgIpc) is 2.54. The molecule has 8 nitrogen and oxygen atoms in total. The SMILES string of the molecule is NC(=O)c1ccccc1C(=O)N(C(=O)O)C1CCCCC1C(=O)O. The Balaban J connectivity index is 2.44. The number of aliphatic carboxylic acids is 1. The van der Waals surface area contributed by atoms with Crippen LogP contribution in [-0.2, 0) is 4.79 Å². The van der Waals surface area contributed by atoms with E-state index in [1.165, 1.54) is 24.3 Å². The van der Waals surface area contributed by atoms with Crippen molar-refractivity contribution < 1.29 is 29.4 Å². The van der Waals surface area contributed by atoms with E-state index in [9.17, 15) is 29.4 Å². The second-order valence-corrected chi connectivity index (χ2v) is 5.66. The van der Waals surface area contributed by atoms with Crippen molar-refractivity contribution in [3.8, 4) is 0 Å². The predicted octanol–water partition coefficient (Wildman–Crippen LogP) is 1.55. The van der Waals surface area contributed by atoms with Crippen LogP contribution >= 0.6 is 0 Å². The number of imide groups is 1. The van der Waals surface area contributed by atoms with Crippen LogP contribution in [0.3, 0.4) is 0 Å². The predicted molar refractivity (Wildman–Crippen MR) is 82.5 cm³/mol. The smallest absolute Gasteiger partial charge is 0.414 e. The molecular weight excluding hydrogens is 316 g/mol. The van der Waals surface area contributed by atoms with Gasteiger partial charge in [0.05, 0.1) is 23.1 Å². The van der Waals surface area contributed by atoms with Crippen LogP contribution in [0.4, 0.5) is 4.79 Å². The number of amides is 3. The lowest BCUT2D eigenvalue weighted by Gasteiger charge is -2.35. The maximum atomic E-state index is 12.7. The van der Waals surface area contributed by atoms with Gasteiger partial charge in [-0.2, -0.15) is 0 Å². The lowest BCUT2D eigenvalue weighted by atomic mass is 9.83. The molecule has 0 aliphatic heterocycles. The van der Waals surface area contributed by atoms with E-state index in [-0.39, 0.29) is 17.5 Å². The number of primary amides is 1. The number of hydrogen-bond acceptors (Lipinski definition) is 4. The molecule has 1 aliphatic carbocycles. The first-order chi connectivity index (χ1) is 11.3. The summed E-state index contributed by atoms with van der Waals surface area (Å²) in [4.78, 5) is 47.8. The zero-order chi connectivity index (χ0) is 17.9. The maximum Gasteiger partial charge on any atom is 0.414 e. The summed E-state index contributed by atoms with van der Waals surface area (Å²) in [7, 11) is 0. The Morgan fingerprint density at radius 2 is 1.58 bits per heavy atom. The summed E-state index contributed by atoms with van der Waals surface area (Å²) in [5.41, 5.74) is 4.98. The third-order valence-corrected chi connectivity index (χ3v) is 4.23. The minimum absolute atomic E-state index is 0.101. The van der Waals surface area contributed by atoms with Crippen LogP contribution in [0.15, 0.2) is 24.3 Å². The summed E-state index contributed by atoms with van der Waals surface area (Å²) in [5.74, 6) is -3.89. The van der Waals surface area contributed by atoms with Crippen molar-refractivity contribution in [2.24, 2.45) is 11.7 Å². The molecule has 2 unspecified atom stereocenters. The number of rotatable bonds is 4. The summed E-state index contributed by atoms with van der Waals surface area (Å²) < 4.78 is 0. The van der Waals surface area contributed by atoms with Crippen LogP contribution in [0.25, 0.3) is 0 Å². The van der Waals surface area contributed by atoms with Gasteiger partial charge in [0.2, 0.25) is 5.91 Å². The summed E-state index contributed by atoms with van der Waals surface area (Å²) in [6.45, 7) is 0. The van der Waals surface area contributed by atoms with Crippen molar-refractivity contribution >= 4 is 23.9 Å². The van der Waals surface area contributed by atoms with Crippen molar-refractivity contribution in [1.82, 2.24) is 4.90 Å². The van der Waals surface area contributed by atoms with Crippen LogP contribution in [-0.4, -0.2) is 45.0 Å². The van der Waals surface area contributed by atoms with Gasteiger partial charge in [0.15, 0.2) is 0 Å². The number of carbonyl (C=O) groups excluding carboxylic acids is 2. The quantitative estimate of drug-likeness (QED) is 0.763. The highest BCUT2D eigenvalue weighted by atomic mass is 16.4.